The first-order chi connectivity index (χ1) is 7.25. The monoisotopic (exact) mass is 227 g/mol. The van der Waals surface area contributed by atoms with Gasteiger partial charge in [-0.25, -0.2) is 0 Å². The maximum Gasteiger partial charge on any atom is 0.207 e. The fourth-order valence-electron chi connectivity index (χ4n) is 1.55. The summed E-state index contributed by atoms with van der Waals surface area (Å²) in [5, 5.41) is 13.8. The molecule has 1 N–H and O–H groups in total. The Morgan fingerprint density at radius 3 is 2.67 bits per heavy atom. The number of hydrogen-bond acceptors (Lipinski definition) is 6. The van der Waals surface area contributed by atoms with Crippen molar-refractivity contribution in [3.05, 3.63) is 5.01 Å². The predicted molar refractivity (Wildman–Crippen MR) is 62.4 cm³/mol. The lowest BCUT2D eigenvalue weighted by atomic mass is 10.4. The molecule has 1 aliphatic rings. The fraction of sp³-hybridized carbons (Fsp3) is 0.778. The number of rotatable bonds is 3. The molecule has 15 heavy (non-hydrogen) atoms. The molecule has 2 heterocycles. The van der Waals surface area contributed by atoms with Crippen molar-refractivity contribution in [3.63, 3.8) is 0 Å². The molecule has 5 nitrogen and oxygen atoms in total. The molecule has 6 heteroatoms. The van der Waals surface area contributed by atoms with Gasteiger partial charge < -0.3 is 10.2 Å². The van der Waals surface area contributed by atoms with Crippen LogP contribution < -0.4 is 10.2 Å². The van der Waals surface area contributed by atoms with Gasteiger partial charge in [-0.05, 0) is 0 Å². The van der Waals surface area contributed by atoms with E-state index in [-0.39, 0.29) is 0 Å². The molecule has 1 aromatic heterocycles. The van der Waals surface area contributed by atoms with Crippen LogP contribution in [0.2, 0.25) is 0 Å². The van der Waals surface area contributed by atoms with Gasteiger partial charge in [-0.15, -0.1) is 10.2 Å². The zero-order valence-electron chi connectivity index (χ0n) is 9.23. The maximum atomic E-state index is 4.20. The van der Waals surface area contributed by atoms with Crippen LogP contribution in [0.1, 0.15) is 5.01 Å². The molecule has 0 radical (unpaired) electrons. The van der Waals surface area contributed by atoms with Crippen molar-refractivity contribution in [2.75, 3.05) is 45.2 Å². The van der Waals surface area contributed by atoms with Gasteiger partial charge in [-0.1, -0.05) is 11.3 Å². The van der Waals surface area contributed by atoms with Crippen molar-refractivity contribution in [1.82, 2.24) is 20.4 Å². The van der Waals surface area contributed by atoms with E-state index in [9.17, 15) is 0 Å². The van der Waals surface area contributed by atoms with Gasteiger partial charge in [0, 0.05) is 40.3 Å². The van der Waals surface area contributed by atoms with Crippen LogP contribution >= 0.6 is 11.3 Å². The molecule has 0 aromatic carbocycles. The SMILES string of the molecule is CN(C)c1nnc(CN2CCNCC2)s1. The first-order valence-electron chi connectivity index (χ1n) is 5.18. The lowest BCUT2D eigenvalue weighted by Crippen LogP contribution is -2.42. The summed E-state index contributed by atoms with van der Waals surface area (Å²) in [4.78, 5) is 4.41. The van der Waals surface area contributed by atoms with Crippen molar-refractivity contribution >= 4 is 16.5 Å². The Labute approximate surface area is 94.1 Å². The van der Waals surface area contributed by atoms with Crippen LogP contribution in [0.25, 0.3) is 0 Å². The third-order valence-electron chi connectivity index (χ3n) is 2.41. The van der Waals surface area contributed by atoms with Crippen LogP contribution in [0.3, 0.4) is 0 Å². The minimum absolute atomic E-state index is 0.938. The Morgan fingerprint density at radius 1 is 1.33 bits per heavy atom. The van der Waals surface area contributed by atoms with Gasteiger partial charge in [-0.2, -0.15) is 0 Å². The molecule has 0 atom stereocenters. The topological polar surface area (TPSA) is 44.3 Å². The summed E-state index contributed by atoms with van der Waals surface area (Å²) in [6.07, 6.45) is 0. The van der Waals surface area contributed by atoms with E-state index in [1.807, 2.05) is 19.0 Å². The molecule has 84 valence electrons. The number of piperazine rings is 1. The van der Waals surface area contributed by atoms with E-state index in [2.05, 4.69) is 20.4 Å². The van der Waals surface area contributed by atoms with Gasteiger partial charge >= 0.3 is 0 Å². The van der Waals surface area contributed by atoms with Crippen LogP contribution in [0.5, 0.6) is 0 Å². The second-order valence-corrected chi connectivity index (χ2v) is 4.94. The smallest absolute Gasteiger partial charge is 0.207 e. The summed E-state index contributed by atoms with van der Waals surface area (Å²) >= 11 is 1.68. The van der Waals surface area contributed by atoms with E-state index in [1.165, 1.54) is 0 Å². The molecule has 1 aromatic rings. The highest BCUT2D eigenvalue weighted by Crippen LogP contribution is 2.18. The Bertz CT molecular complexity index is 305. The first-order valence-corrected chi connectivity index (χ1v) is 6.00. The highest BCUT2D eigenvalue weighted by molar-refractivity contribution is 7.15. The van der Waals surface area contributed by atoms with Crippen LogP contribution in [0, 0.1) is 0 Å². The Balaban J connectivity index is 1.91. The molecule has 0 bridgehead atoms. The highest BCUT2D eigenvalue weighted by atomic mass is 32.1. The largest absolute Gasteiger partial charge is 0.353 e. The molecule has 2 rings (SSSR count). The minimum atomic E-state index is 0.938. The third-order valence-corrected chi connectivity index (χ3v) is 3.48. The summed E-state index contributed by atoms with van der Waals surface area (Å²) in [7, 11) is 3.99. The average molecular weight is 227 g/mol. The summed E-state index contributed by atoms with van der Waals surface area (Å²) in [6.45, 7) is 5.32. The van der Waals surface area contributed by atoms with Gasteiger partial charge in [0.15, 0.2) is 0 Å². The van der Waals surface area contributed by atoms with Gasteiger partial charge in [-0.3, -0.25) is 4.90 Å². The first kappa shape index (κ1) is 10.8. The molecular weight excluding hydrogens is 210 g/mol. The van der Waals surface area contributed by atoms with Gasteiger partial charge in [0.05, 0.1) is 6.54 Å². The molecule has 1 fully saturated rings. The standard InChI is InChI=1S/C9H17N5S/c1-13(2)9-12-11-8(15-9)7-14-5-3-10-4-6-14/h10H,3-7H2,1-2H3. The van der Waals surface area contributed by atoms with Crippen molar-refractivity contribution in [1.29, 1.82) is 0 Å². The van der Waals surface area contributed by atoms with Crippen LogP contribution in [-0.2, 0) is 6.54 Å². The van der Waals surface area contributed by atoms with E-state index >= 15 is 0 Å². The van der Waals surface area contributed by atoms with E-state index in [0.29, 0.717) is 0 Å². The number of nitrogens with one attached hydrogen (secondary N) is 1. The van der Waals surface area contributed by atoms with Crippen molar-refractivity contribution < 1.29 is 0 Å². The quantitative estimate of drug-likeness (QED) is 0.788. The molecular formula is C9H17N5S. The lowest BCUT2D eigenvalue weighted by molar-refractivity contribution is 0.232. The number of aromatic nitrogens is 2. The van der Waals surface area contributed by atoms with E-state index in [1.54, 1.807) is 11.3 Å². The van der Waals surface area contributed by atoms with Crippen molar-refractivity contribution in [3.8, 4) is 0 Å². The van der Waals surface area contributed by atoms with Gasteiger partial charge in [0.25, 0.3) is 0 Å². The summed E-state index contributed by atoms with van der Waals surface area (Å²) < 4.78 is 0. The van der Waals surface area contributed by atoms with Crippen LogP contribution in [-0.4, -0.2) is 55.4 Å². The zero-order valence-corrected chi connectivity index (χ0v) is 10.0. The molecule has 0 aliphatic carbocycles. The number of nitrogens with zero attached hydrogens (tertiary/aromatic N) is 4. The lowest BCUT2D eigenvalue weighted by Gasteiger charge is -2.25. The number of hydrogen-bond donors (Lipinski definition) is 1. The van der Waals surface area contributed by atoms with Gasteiger partial charge in [0.1, 0.15) is 5.01 Å². The van der Waals surface area contributed by atoms with Crippen molar-refractivity contribution in [2.24, 2.45) is 0 Å². The molecule has 0 spiro atoms. The normalized spacial score (nSPS) is 18.0. The molecule has 1 aliphatic heterocycles. The second-order valence-electron chi connectivity index (χ2n) is 3.90. The minimum Gasteiger partial charge on any atom is -0.353 e. The summed E-state index contributed by atoms with van der Waals surface area (Å²) in [5.74, 6) is 0. The second kappa shape index (κ2) is 4.87. The molecule has 0 saturated carbocycles. The maximum absolute atomic E-state index is 4.20. The van der Waals surface area contributed by atoms with Crippen LogP contribution in [0.4, 0.5) is 5.13 Å². The predicted octanol–water partition coefficient (Wildman–Crippen LogP) is 0.00930. The Morgan fingerprint density at radius 2 is 2.07 bits per heavy atom. The van der Waals surface area contributed by atoms with E-state index < -0.39 is 0 Å². The molecule has 1 saturated heterocycles. The highest BCUT2D eigenvalue weighted by Gasteiger charge is 2.13. The average Bonchev–Trinajstić information content (AvgIpc) is 2.68. The van der Waals surface area contributed by atoms with Gasteiger partial charge in [0.2, 0.25) is 5.13 Å². The third kappa shape index (κ3) is 2.87. The molecule has 0 unspecified atom stereocenters. The van der Waals surface area contributed by atoms with Crippen molar-refractivity contribution in [2.45, 2.75) is 6.54 Å². The fourth-order valence-corrected chi connectivity index (χ4v) is 2.35. The number of anilines is 1. The van der Waals surface area contributed by atoms with E-state index in [4.69, 9.17) is 0 Å². The molecule has 0 amide bonds. The van der Waals surface area contributed by atoms with E-state index in [0.717, 1.165) is 42.9 Å². The summed E-state index contributed by atoms with van der Waals surface area (Å²) in [5.41, 5.74) is 0. The Hall–Kier alpha value is -0.720. The Kier molecular flexibility index (Phi) is 3.50. The van der Waals surface area contributed by atoms with Crippen LogP contribution in [0.15, 0.2) is 0 Å². The summed E-state index contributed by atoms with van der Waals surface area (Å²) in [6, 6.07) is 0. The zero-order chi connectivity index (χ0) is 10.7.